The number of hydrogen-bond acceptors (Lipinski definition) is 0. The Morgan fingerprint density at radius 2 is 1.38 bits per heavy atom. The zero-order valence-electron chi connectivity index (χ0n) is 4.67. The molecule has 0 fully saturated rings. The van der Waals surface area contributed by atoms with Gasteiger partial charge in [0, 0.05) is 73.1 Å². The molecule has 0 aromatic carbocycles. The van der Waals surface area contributed by atoms with Crippen molar-refractivity contribution in [3.8, 4) is 0 Å². The second-order valence-electron chi connectivity index (χ2n) is 1.15. The molecular weight excluding hydrogens is 219 g/mol. The van der Waals surface area contributed by atoms with E-state index in [2.05, 4.69) is 29.6 Å². The summed E-state index contributed by atoms with van der Waals surface area (Å²) in [6.07, 6.45) is 0. The number of hydrogen-bond donors (Lipinski definition) is 0. The van der Waals surface area contributed by atoms with Gasteiger partial charge in [-0.2, -0.15) is 0 Å². The van der Waals surface area contributed by atoms with Gasteiger partial charge in [-0.05, 0) is 0 Å². The van der Waals surface area contributed by atoms with E-state index >= 15 is 0 Å². The van der Waals surface area contributed by atoms with Crippen molar-refractivity contribution >= 4 is 46.9 Å². The third kappa shape index (κ3) is 5.84. The standard InChI is InChI=1S/C5H6Si.Ca.Zr/c1-2-4-6-5-3-1;;/h1-6H;;. The largest absolute Gasteiger partial charge is 0.0805 e. The van der Waals surface area contributed by atoms with Gasteiger partial charge in [-0.25, -0.2) is 0 Å². The van der Waals surface area contributed by atoms with Gasteiger partial charge in [0.15, 0.2) is 0 Å². The molecule has 8 heavy (non-hydrogen) atoms. The number of rotatable bonds is 0. The van der Waals surface area contributed by atoms with Crippen LogP contribution in [-0.2, 0) is 26.2 Å². The maximum absolute atomic E-state index is 2.21. The van der Waals surface area contributed by atoms with Gasteiger partial charge in [0.2, 0.25) is 0 Å². The predicted octanol–water partition coefficient (Wildman–Crippen LogP) is 0.374. The van der Waals surface area contributed by atoms with Gasteiger partial charge in [-0.1, -0.05) is 29.6 Å². The smallest absolute Gasteiger partial charge is 0.0198 e. The first-order valence-corrected chi connectivity index (χ1v) is 3.33. The molecule has 0 atom stereocenters. The predicted molar refractivity (Wildman–Crippen MR) is 34.9 cm³/mol. The van der Waals surface area contributed by atoms with Crippen LogP contribution in [0.3, 0.4) is 0 Å². The summed E-state index contributed by atoms with van der Waals surface area (Å²) < 4.78 is 0. The third-order valence-corrected chi connectivity index (χ3v) is 1.56. The van der Waals surface area contributed by atoms with Crippen LogP contribution in [0.1, 0.15) is 0 Å². The van der Waals surface area contributed by atoms with Crippen molar-refractivity contribution < 1.29 is 26.2 Å². The Kier molecular flexibility index (Phi) is 13.5. The van der Waals surface area contributed by atoms with E-state index in [9.17, 15) is 0 Å². The minimum absolute atomic E-state index is 0. The van der Waals surface area contributed by atoms with Crippen molar-refractivity contribution in [2.45, 2.75) is 0 Å². The van der Waals surface area contributed by atoms with Crippen LogP contribution in [-0.4, -0.2) is 46.9 Å². The summed E-state index contributed by atoms with van der Waals surface area (Å²) in [5.74, 6) is 0. The van der Waals surface area contributed by atoms with Gasteiger partial charge >= 0.3 is 0 Å². The Morgan fingerprint density at radius 3 is 1.50 bits per heavy atom. The normalized spacial score (nSPS) is 6.00. The van der Waals surface area contributed by atoms with E-state index in [-0.39, 0.29) is 63.9 Å². The first-order chi connectivity index (χ1) is 3.00. The molecular formula is C5H6CaSiZr. The maximum atomic E-state index is 2.21. The molecule has 0 spiro atoms. The Balaban J connectivity index is 0. The Labute approximate surface area is 101 Å². The summed E-state index contributed by atoms with van der Waals surface area (Å²) in [6, 6.07) is 6.24. The van der Waals surface area contributed by atoms with Crippen LogP contribution >= 0.6 is 0 Å². The zero-order chi connectivity index (χ0) is 4.24. The molecule has 0 unspecified atom stereocenters. The van der Waals surface area contributed by atoms with Crippen molar-refractivity contribution in [3.63, 3.8) is 0 Å². The van der Waals surface area contributed by atoms with E-state index in [1.807, 2.05) is 0 Å². The minimum Gasteiger partial charge on any atom is -0.0805 e. The fourth-order valence-corrected chi connectivity index (χ4v) is 1.03. The van der Waals surface area contributed by atoms with E-state index in [1.165, 1.54) is 0 Å². The molecule has 0 amide bonds. The minimum atomic E-state index is 0. The molecule has 0 saturated heterocycles. The Bertz CT molecular complexity index is 84.4. The van der Waals surface area contributed by atoms with Crippen LogP contribution in [0.15, 0.2) is 29.6 Å². The van der Waals surface area contributed by atoms with Gasteiger partial charge < -0.3 is 0 Å². The molecule has 2 radical (unpaired) electrons. The molecule has 3 heteroatoms. The summed E-state index contributed by atoms with van der Waals surface area (Å²) in [5, 5.41) is 0. The van der Waals surface area contributed by atoms with Crippen LogP contribution in [0.5, 0.6) is 0 Å². The van der Waals surface area contributed by atoms with Crippen molar-refractivity contribution in [2.75, 3.05) is 0 Å². The molecule has 0 aliphatic heterocycles. The molecule has 0 saturated carbocycles. The van der Waals surface area contributed by atoms with E-state index in [0.717, 1.165) is 0 Å². The van der Waals surface area contributed by atoms with E-state index in [4.69, 9.17) is 0 Å². The Hall–Kier alpha value is 1.71. The topological polar surface area (TPSA) is 0 Å². The molecule has 0 bridgehead atoms. The molecule has 0 aliphatic carbocycles. The summed E-state index contributed by atoms with van der Waals surface area (Å²) in [6.45, 7) is 0. The van der Waals surface area contributed by atoms with E-state index in [1.54, 1.807) is 0 Å². The second-order valence-corrected chi connectivity index (χ2v) is 2.31. The Morgan fingerprint density at radius 1 is 0.875 bits per heavy atom. The van der Waals surface area contributed by atoms with Crippen molar-refractivity contribution in [1.29, 1.82) is 0 Å². The first-order valence-electron chi connectivity index (χ1n) is 2.00. The van der Waals surface area contributed by atoms with Gasteiger partial charge in [-0.15, -0.1) is 0 Å². The molecule has 1 heterocycles. The van der Waals surface area contributed by atoms with Crippen molar-refractivity contribution in [2.24, 2.45) is 0 Å². The van der Waals surface area contributed by atoms with Gasteiger partial charge in [0.05, 0.1) is 0 Å². The van der Waals surface area contributed by atoms with Crippen LogP contribution in [0.4, 0.5) is 0 Å². The molecule has 1 aromatic heterocycles. The fraction of sp³-hybridized carbons (Fsp3) is 0. The average molecular weight is 225 g/mol. The monoisotopic (exact) mass is 224 g/mol. The second kappa shape index (κ2) is 8.71. The SMILES string of the molecule is [Ca].[Zr].c1cc[siH]cc1. The molecule has 0 nitrogen and oxygen atoms in total. The third-order valence-electron chi connectivity index (χ3n) is 0.667. The summed E-state index contributed by atoms with van der Waals surface area (Å²) in [4.78, 5) is 0. The van der Waals surface area contributed by atoms with Gasteiger partial charge in [0.25, 0.3) is 0 Å². The van der Waals surface area contributed by atoms with Crippen LogP contribution in [0.25, 0.3) is 0 Å². The fourth-order valence-electron chi connectivity index (χ4n) is 0.385. The van der Waals surface area contributed by atoms with Gasteiger partial charge in [-0.3, -0.25) is 0 Å². The molecule has 0 N–H and O–H groups in total. The quantitative estimate of drug-likeness (QED) is 0.560. The van der Waals surface area contributed by atoms with Crippen LogP contribution in [0, 0.1) is 0 Å². The summed E-state index contributed by atoms with van der Waals surface area (Å²) >= 11 is 0. The summed E-state index contributed by atoms with van der Waals surface area (Å²) in [5.41, 5.74) is 4.42. The summed E-state index contributed by atoms with van der Waals surface area (Å²) in [7, 11) is 0.513. The first kappa shape index (κ1) is 12.4. The van der Waals surface area contributed by atoms with Crippen molar-refractivity contribution in [1.82, 2.24) is 0 Å². The maximum Gasteiger partial charge on any atom is 0.0198 e. The molecule has 0 aliphatic rings. The molecule has 1 rings (SSSR count). The van der Waals surface area contributed by atoms with Crippen LogP contribution in [0.2, 0.25) is 0 Å². The van der Waals surface area contributed by atoms with E-state index in [0.29, 0.717) is 9.12 Å². The van der Waals surface area contributed by atoms with Gasteiger partial charge in [0.1, 0.15) is 0 Å². The average Bonchev–Trinajstić information content (AvgIpc) is 1.72. The van der Waals surface area contributed by atoms with Crippen LogP contribution < -0.4 is 0 Å². The zero-order valence-corrected chi connectivity index (χ0v) is 10.5. The molecule has 36 valence electrons. The van der Waals surface area contributed by atoms with E-state index < -0.39 is 0 Å². The molecule has 1 aromatic rings. The van der Waals surface area contributed by atoms with Crippen molar-refractivity contribution in [3.05, 3.63) is 29.6 Å².